The lowest BCUT2D eigenvalue weighted by Crippen LogP contribution is -2.48. The number of nitrogens with one attached hydrogen (secondary N) is 2. The van der Waals surface area contributed by atoms with Crippen molar-refractivity contribution in [3.8, 4) is 0 Å². The van der Waals surface area contributed by atoms with E-state index in [9.17, 15) is 18.8 Å². The van der Waals surface area contributed by atoms with Crippen molar-refractivity contribution in [2.45, 2.75) is 13.0 Å². The van der Waals surface area contributed by atoms with Gasteiger partial charge in [-0.15, -0.1) is 0 Å². The van der Waals surface area contributed by atoms with Gasteiger partial charge in [-0.2, -0.15) is 0 Å². The fourth-order valence-electron chi connectivity index (χ4n) is 2.23. The Kier molecular flexibility index (Phi) is 5.28. The zero-order chi connectivity index (χ0) is 17.0. The topological polar surface area (TPSA) is 81.8 Å². The Labute approximate surface area is 133 Å². The van der Waals surface area contributed by atoms with Crippen LogP contribution in [0.4, 0.5) is 14.9 Å². The first-order valence-corrected chi connectivity index (χ1v) is 7.23. The molecule has 8 heteroatoms. The van der Waals surface area contributed by atoms with Crippen molar-refractivity contribution in [2.75, 3.05) is 32.0 Å². The highest BCUT2D eigenvalue weighted by molar-refractivity contribution is 5.98. The van der Waals surface area contributed by atoms with Crippen molar-refractivity contribution in [1.82, 2.24) is 15.1 Å². The highest BCUT2D eigenvalue weighted by Crippen LogP contribution is 2.10. The average molecular weight is 322 g/mol. The number of carbonyl (C=O) groups excluding carboxylic acids is 3. The summed E-state index contributed by atoms with van der Waals surface area (Å²) in [6.07, 6.45) is 0. The molecule has 1 aliphatic rings. The van der Waals surface area contributed by atoms with Crippen molar-refractivity contribution < 1.29 is 18.8 Å². The second-order valence-corrected chi connectivity index (χ2v) is 5.37. The highest BCUT2D eigenvalue weighted by Gasteiger charge is 2.31. The Hall–Kier alpha value is -2.48. The maximum absolute atomic E-state index is 13.1. The number of hydrogen-bond acceptors (Lipinski definition) is 4. The van der Waals surface area contributed by atoms with Gasteiger partial charge in [-0.1, -0.05) is 6.07 Å². The lowest BCUT2D eigenvalue weighted by atomic mass is 10.2. The number of halogens is 1. The monoisotopic (exact) mass is 322 g/mol. The molecule has 7 nitrogen and oxygen atoms in total. The summed E-state index contributed by atoms with van der Waals surface area (Å²) in [6.45, 7) is 2.33. The van der Waals surface area contributed by atoms with Crippen molar-refractivity contribution in [3.63, 3.8) is 0 Å². The summed E-state index contributed by atoms with van der Waals surface area (Å²) >= 11 is 0. The summed E-state index contributed by atoms with van der Waals surface area (Å²) in [5, 5.41) is 5.12. The van der Waals surface area contributed by atoms with Gasteiger partial charge in [0.25, 0.3) is 0 Å². The predicted molar refractivity (Wildman–Crippen MR) is 82.2 cm³/mol. The first-order chi connectivity index (χ1) is 10.9. The number of benzene rings is 1. The third-order valence-corrected chi connectivity index (χ3v) is 3.64. The number of amides is 4. The minimum Gasteiger partial charge on any atom is -0.336 e. The number of imide groups is 1. The SMILES string of the molecule is C[C@H](C(=O)N1CCNC1=O)N(C)CC(=O)Nc1cccc(F)c1. The molecule has 1 aromatic carbocycles. The Balaban J connectivity index is 1.89. The molecular formula is C15H19FN4O3. The van der Waals surface area contributed by atoms with Crippen LogP contribution >= 0.6 is 0 Å². The van der Waals surface area contributed by atoms with Gasteiger partial charge in [-0.05, 0) is 32.2 Å². The van der Waals surface area contributed by atoms with Gasteiger partial charge in [-0.3, -0.25) is 19.4 Å². The smallest absolute Gasteiger partial charge is 0.324 e. The van der Waals surface area contributed by atoms with Gasteiger partial charge in [-0.25, -0.2) is 9.18 Å². The standard InChI is InChI=1S/C15H19FN4O3/c1-10(14(22)20-7-6-17-15(20)23)19(2)9-13(21)18-12-5-3-4-11(16)8-12/h3-5,8,10H,6-7,9H2,1-2H3,(H,17,23)(H,18,21)/t10-/m1/s1. The summed E-state index contributed by atoms with van der Waals surface area (Å²) in [7, 11) is 1.61. The fraction of sp³-hybridized carbons (Fsp3) is 0.400. The van der Waals surface area contributed by atoms with Crippen LogP contribution in [0.25, 0.3) is 0 Å². The fourth-order valence-corrected chi connectivity index (χ4v) is 2.23. The molecule has 0 bridgehead atoms. The molecule has 0 unspecified atom stereocenters. The Morgan fingerprint density at radius 1 is 1.48 bits per heavy atom. The lowest BCUT2D eigenvalue weighted by Gasteiger charge is -2.26. The summed E-state index contributed by atoms with van der Waals surface area (Å²) in [4.78, 5) is 38.4. The van der Waals surface area contributed by atoms with Gasteiger partial charge in [0.15, 0.2) is 0 Å². The van der Waals surface area contributed by atoms with Gasteiger partial charge < -0.3 is 10.6 Å². The molecule has 1 aromatic rings. The van der Waals surface area contributed by atoms with Crippen molar-refractivity contribution in [1.29, 1.82) is 0 Å². The van der Waals surface area contributed by atoms with Crippen molar-refractivity contribution in [3.05, 3.63) is 30.1 Å². The van der Waals surface area contributed by atoms with Crippen LogP contribution in [0.15, 0.2) is 24.3 Å². The van der Waals surface area contributed by atoms with Gasteiger partial charge in [0.2, 0.25) is 11.8 Å². The molecule has 4 amide bonds. The van der Waals surface area contributed by atoms with Crippen LogP contribution in [0.2, 0.25) is 0 Å². The molecule has 1 heterocycles. The minimum absolute atomic E-state index is 0.0567. The van der Waals surface area contributed by atoms with Crippen molar-refractivity contribution >= 4 is 23.5 Å². The Morgan fingerprint density at radius 3 is 2.83 bits per heavy atom. The van der Waals surface area contributed by atoms with Crippen LogP contribution < -0.4 is 10.6 Å². The van der Waals surface area contributed by atoms with Gasteiger partial charge in [0, 0.05) is 18.8 Å². The van der Waals surface area contributed by atoms with E-state index in [1.54, 1.807) is 20.0 Å². The molecule has 2 N–H and O–H groups in total. The number of likely N-dealkylation sites (N-methyl/N-ethyl adjacent to an activating group) is 1. The Morgan fingerprint density at radius 2 is 2.22 bits per heavy atom. The maximum atomic E-state index is 13.1. The van der Waals surface area contributed by atoms with Crippen LogP contribution in [-0.4, -0.2) is 60.4 Å². The minimum atomic E-state index is -0.628. The first kappa shape index (κ1) is 16.9. The molecule has 1 atom stereocenters. The van der Waals surface area contributed by atoms with E-state index in [1.807, 2.05) is 0 Å². The van der Waals surface area contributed by atoms with E-state index in [1.165, 1.54) is 23.1 Å². The maximum Gasteiger partial charge on any atom is 0.324 e. The van der Waals surface area contributed by atoms with E-state index in [4.69, 9.17) is 0 Å². The number of urea groups is 1. The predicted octanol–water partition coefficient (Wildman–Crippen LogP) is 0.636. The molecule has 1 saturated heterocycles. The second kappa shape index (κ2) is 7.19. The van der Waals surface area contributed by atoms with Crippen LogP contribution in [0.1, 0.15) is 6.92 Å². The molecule has 0 aromatic heterocycles. The zero-order valence-electron chi connectivity index (χ0n) is 13.0. The Bertz CT molecular complexity index is 622. The molecule has 0 saturated carbocycles. The average Bonchev–Trinajstić information content (AvgIpc) is 2.91. The number of anilines is 1. The number of hydrogen-bond donors (Lipinski definition) is 2. The summed E-state index contributed by atoms with van der Waals surface area (Å²) in [6, 6.07) is 4.51. The summed E-state index contributed by atoms with van der Waals surface area (Å²) in [5.41, 5.74) is 0.348. The number of rotatable bonds is 5. The van der Waals surface area contributed by atoms with Crippen molar-refractivity contribution in [2.24, 2.45) is 0 Å². The van der Waals surface area contributed by atoms with Gasteiger partial charge in [0.1, 0.15) is 5.82 Å². The highest BCUT2D eigenvalue weighted by atomic mass is 19.1. The lowest BCUT2D eigenvalue weighted by molar-refractivity contribution is -0.132. The summed E-state index contributed by atoms with van der Waals surface area (Å²) < 4.78 is 13.1. The molecule has 0 radical (unpaired) electrons. The molecule has 2 rings (SSSR count). The van der Waals surface area contributed by atoms with Crippen LogP contribution in [0, 0.1) is 5.82 Å². The molecule has 124 valence electrons. The van der Waals surface area contributed by atoms with Gasteiger partial charge >= 0.3 is 6.03 Å². The number of nitrogens with zero attached hydrogens (tertiary/aromatic N) is 2. The normalized spacial score (nSPS) is 15.5. The van der Waals surface area contributed by atoms with E-state index in [-0.39, 0.29) is 18.4 Å². The molecule has 23 heavy (non-hydrogen) atoms. The number of carbonyl (C=O) groups is 3. The quantitative estimate of drug-likeness (QED) is 0.833. The van der Waals surface area contributed by atoms with Crippen LogP contribution in [-0.2, 0) is 9.59 Å². The molecular weight excluding hydrogens is 303 g/mol. The molecule has 0 spiro atoms. The van der Waals surface area contributed by atoms with E-state index < -0.39 is 17.9 Å². The zero-order valence-corrected chi connectivity index (χ0v) is 13.0. The third kappa shape index (κ3) is 4.26. The van der Waals surface area contributed by atoms with E-state index in [0.29, 0.717) is 18.8 Å². The molecule has 0 aliphatic carbocycles. The molecule has 1 fully saturated rings. The van der Waals surface area contributed by atoms with E-state index in [2.05, 4.69) is 10.6 Å². The summed E-state index contributed by atoms with van der Waals surface area (Å²) in [5.74, 6) is -1.18. The van der Waals surface area contributed by atoms with Gasteiger partial charge in [0.05, 0.1) is 12.6 Å². The van der Waals surface area contributed by atoms with Crippen LogP contribution in [0.3, 0.4) is 0 Å². The van der Waals surface area contributed by atoms with E-state index in [0.717, 1.165) is 4.90 Å². The first-order valence-electron chi connectivity index (χ1n) is 7.23. The van der Waals surface area contributed by atoms with Crippen LogP contribution in [0.5, 0.6) is 0 Å². The second-order valence-electron chi connectivity index (χ2n) is 5.37. The molecule has 1 aliphatic heterocycles. The third-order valence-electron chi connectivity index (χ3n) is 3.64. The van der Waals surface area contributed by atoms with E-state index >= 15 is 0 Å². The largest absolute Gasteiger partial charge is 0.336 e.